The maximum atomic E-state index is 14.3. The van der Waals surface area contributed by atoms with Crippen molar-refractivity contribution in [1.29, 1.82) is 0 Å². The molecule has 1 saturated heterocycles. The molecule has 3 N–H and O–H groups in total. The summed E-state index contributed by atoms with van der Waals surface area (Å²) in [5.74, 6) is -1.11. The van der Waals surface area contributed by atoms with E-state index < -0.39 is 22.7 Å². The van der Waals surface area contributed by atoms with E-state index >= 15 is 0 Å². The largest absolute Gasteiger partial charge is 0.479 e. The number of rotatable bonds is 8. The van der Waals surface area contributed by atoms with Gasteiger partial charge in [-0.15, -0.1) is 0 Å². The number of anilines is 1. The van der Waals surface area contributed by atoms with Crippen LogP contribution in [0.25, 0.3) is 11.1 Å². The summed E-state index contributed by atoms with van der Waals surface area (Å²) in [6.45, 7) is 3.38. The Morgan fingerprint density at radius 2 is 1.95 bits per heavy atom. The van der Waals surface area contributed by atoms with Gasteiger partial charge in [0.05, 0.1) is 22.8 Å². The third-order valence-electron chi connectivity index (χ3n) is 7.01. The minimum absolute atomic E-state index is 0.128. The lowest BCUT2D eigenvalue weighted by atomic mass is 9.96. The third kappa shape index (κ3) is 5.60. The molecule has 0 spiro atoms. The fraction of sp³-hybridized carbons (Fsp3) is 0.286. The molecule has 40 heavy (non-hydrogen) atoms. The molecule has 0 amide bonds. The monoisotopic (exact) mass is 584 g/mol. The second kappa shape index (κ2) is 11.8. The molecule has 1 fully saturated rings. The van der Waals surface area contributed by atoms with E-state index in [4.69, 9.17) is 33.7 Å². The van der Waals surface area contributed by atoms with Crippen LogP contribution in [-0.4, -0.2) is 32.8 Å². The van der Waals surface area contributed by atoms with Crippen LogP contribution in [-0.2, 0) is 6.42 Å². The lowest BCUT2D eigenvalue weighted by Gasteiger charge is -2.23. The Balaban J connectivity index is 1.67. The molecule has 4 aromatic rings. The van der Waals surface area contributed by atoms with E-state index in [2.05, 4.69) is 15.4 Å². The average Bonchev–Trinajstić information content (AvgIpc) is 3.43. The van der Waals surface area contributed by atoms with Crippen molar-refractivity contribution >= 4 is 34.8 Å². The molecule has 2 aromatic heterocycles. The molecule has 9 nitrogen and oxygen atoms in total. The van der Waals surface area contributed by atoms with Gasteiger partial charge in [-0.3, -0.25) is 4.68 Å². The number of aromatic nitrogens is 3. The van der Waals surface area contributed by atoms with Crippen molar-refractivity contribution in [1.82, 2.24) is 20.1 Å². The maximum absolute atomic E-state index is 14.3. The molecule has 1 aliphatic heterocycles. The van der Waals surface area contributed by atoms with Crippen LogP contribution in [0.4, 0.5) is 16.0 Å². The number of nitrogens with two attached hydrogens (primary N) is 1. The Bertz CT molecular complexity index is 1540. The van der Waals surface area contributed by atoms with Crippen LogP contribution in [0.15, 0.2) is 54.9 Å². The molecule has 0 unspecified atom stereocenters. The Kier molecular flexibility index (Phi) is 8.20. The van der Waals surface area contributed by atoms with Crippen molar-refractivity contribution in [2.45, 2.75) is 38.3 Å². The first kappa shape index (κ1) is 27.8. The third-order valence-corrected chi connectivity index (χ3v) is 7.72. The molecule has 12 heteroatoms. The standard InChI is InChI=1S/C28H27Cl2FN6O3/c1-16(23-21(29)7-8-22(31)25(23)30)40-26-20(13-17-5-3-2-4-6-17)24(28(37(38)39)35-27(26)32)18-14-34-36(15-18)19-9-11-33-12-10-19/h2-8,14-16,19,33H,9-13H2,1H3,(H2,32,35)/t16-/m1/s1. The zero-order chi connectivity index (χ0) is 28.4. The lowest BCUT2D eigenvalue weighted by Crippen LogP contribution is -2.29. The number of nitrogens with zero attached hydrogens (tertiary/aromatic N) is 4. The molecule has 1 atom stereocenters. The Morgan fingerprint density at radius 1 is 1.23 bits per heavy atom. The molecular weight excluding hydrogens is 558 g/mol. The molecule has 3 heterocycles. The van der Waals surface area contributed by atoms with Gasteiger partial charge in [-0.1, -0.05) is 53.5 Å². The Morgan fingerprint density at radius 3 is 2.65 bits per heavy atom. The predicted octanol–water partition coefficient (Wildman–Crippen LogP) is 6.54. The zero-order valence-corrected chi connectivity index (χ0v) is 23.1. The van der Waals surface area contributed by atoms with Gasteiger partial charge in [-0.25, -0.2) is 4.39 Å². The van der Waals surface area contributed by atoms with Gasteiger partial charge in [0.1, 0.15) is 11.9 Å². The van der Waals surface area contributed by atoms with E-state index in [-0.39, 0.29) is 45.2 Å². The summed E-state index contributed by atoms with van der Waals surface area (Å²) in [6, 6.07) is 12.2. The first-order valence-corrected chi connectivity index (χ1v) is 13.6. The minimum Gasteiger partial charge on any atom is -0.479 e. The van der Waals surface area contributed by atoms with Gasteiger partial charge in [-0.2, -0.15) is 5.10 Å². The zero-order valence-electron chi connectivity index (χ0n) is 21.6. The van der Waals surface area contributed by atoms with Gasteiger partial charge in [0.25, 0.3) is 5.82 Å². The summed E-state index contributed by atoms with van der Waals surface area (Å²) in [5, 5.41) is 20.2. The highest BCUT2D eigenvalue weighted by Gasteiger charge is 2.32. The highest BCUT2D eigenvalue weighted by atomic mass is 35.5. The summed E-state index contributed by atoms with van der Waals surface area (Å²) >= 11 is 12.6. The topological polar surface area (TPSA) is 121 Å². The number of ether oxygens (including phenoxy) is 1. The predicted molar refractivity (Wildman–Crippen MR) is 152 cm³/mol. The van der Waals surface area contributed by atoms with Crippen molar-refractivity contribution in [3.63, 3.8) is 0 Å². The van der Waals surface area contributed by atoms with E-state index in [1.165, 1.54) is 12.1 Å². The summed E-state index contributed by atoms with van der Waals surface area (Å²) in [4.78, 5) is 15.9. The second-order valence-electron chi connectivity index (χ2n) is 9.63. The van der Waals surface area contributed by atoms with Crippen molar-refractivity contribution in [3.8, 4) is 16.9 Å². The fourth-order valence-electron chi connectivity index (χ4n) is 5.05. The van der Waals surface area contributed by atoms with Crippen molar-refractivity contribution in [3.05, 3.63) is 97.5 Å². The van der Waals surface area contributed by atoms with Crippen LogP contribution in [0.3, 0.4) is 0 Å². The number of nitro groups is 1. The van der Waals surface area contributed by atoms with E-state index in [0.29, 0.717) is 11.1 Å². The van der Waals surface area contributed by atoms with Crippen molar-refractivity contribution in [2.75, 3.05) is 18.8 Å². The number of benzene rings is 2. The van der Waals surface area contributed by atoms with Gasteiger partial charge in [0.2, 0.25) is 0 Å². The summed E-state index contributed by atoms with van der Waals surface area (Å²) in [6.07, 6.45) is 4.57. The number of pyridine rings is 1. The van der Waals surface area contributed by atoms with E-state index in [1.807, 2.05) is 35.0 Å². The molecule has 0 radical (unpaired) electrons. The summed E-state index contributed by atoms with van der Waals surface area (Å²) in [7, 11) is 0. The van der Waals surface area contributed by atoms with Crippen molar-refractivity contribution in [2.24, 2.45) is 0 Å². The van der Waals surface area contributed by atoms with Crippen LogP contribution in [0.5, 0.6) is 5.75 Å². The van der Waals surface area contributed by atoms with Crippen LogP contribution < -0.4 is 15.8 Å². The maximum Gasteiger partial charge on any atom is 0.374 e. The van der Waals surface area contributed by atoms with Crippen LogP contribution in [0.1, 0.15) is 48.6 Å². The van der Waals surface area contributed by atoms with Crippen LogP contribution in [0.2, 0.25) is 10.0 Å². The highest BCUT2D eigenvalue weighted by molar-refractivity contribution is 6.36. The smallest absolute Gasteiger partial charge is 0.374 e. The number of halogens is 3. The summed E-state index contributed by atoms with van der Waals surface area (Å²) < 4.78 is 22.5. The number of hydrogen-bond acceptors (Lipinski definition) is 7. The van der Waals surface area contributed by atoms with Crippen LogP contribution in [0, 0.1) is 15.9 Å². The first-order valence-electron chi connectivity index (χ1n) is 12.8. The molecule has 5 rings (SSSR count). The Hall–Kier alpha value is -3.73. The highest BCUT2D eigenvalue weighted by Crippen LogP contribution is 2.44. The van der Waals surface area contributed by atoms with Crippen molar-refractivity contribution < 1.29 is 14.1 Å². The quantitative estimate of drug-likeness (QED) is 0.137. The summed E-state index contributed by atoms with van der Waals surface area (Å²) in [5.41, 5.74) is 8.62. The molecule has 0 bridgehead atoms. The minimum atomic E-state index is -0.860. The number of nitrogen functional groups attached to an aromatic ring is 1. The van der Waals surface area contributed by atoms with E-state index in [9.17, 15) is 14.5 Å². The van der Waals surface area contributed by atoms with Gasteiger partial charge in [0.15, 0.2) is 5.75 Å². The van der Waals surface area contributed by atoms with Gasteiger partial charge < -0.3 is 25.9 Å². The van der Waals surface area contributed by atoms with E-state index in [1.54, 1.807) is 19.3 Å². The van der Waals surface area contributed by atoms with Gasteiger partial charge in [0, 0.05) is 34.3 Å². The average molecular weight is 585 g/mol. The van der Waals surface area contributed by atoms with Gasteiger partial charge >= 0.3 is 5.82 Å². The number of piperidine rings is 1. The number of nitrogens with one attached hydrogen (secondary N) is 1. The molecule has 0 aliphatic carbocycles. The first-order chi connectivity index (χ1) is 19.2. The molecule has 208 valence electrons. The molecular formula is C28H27Cl2FN6O3. The lowest BCUT2D eigenvalue weighted by molar-refractivity contribution is -0.388. The molecule has 2 aromatic carbocycles. The SMILES string of the molecule is C[C@@H](Oc1c(N)nc([N+](=O)[O-])c(-c2cnn(C3CCNCC3)c2)c1Cc1ccccc1)c1c(Cl)ccc(F)c1Cl. The van der Waals surface area contributed by atoms with E-state index in [0.717, 1.165) is 31.5 Å². The van der Waals surface area contributed by atoms with Crippen LogP contribution >= 0.6 is 23.2 Å². The molecule has 1 aliphatic rings. The Labute approximate surface area is 240 Å². The second-order valence-corrected chi connectivity index (χ2v) is 10.4. The normalized spacial score (nSPS) is 14.7. The van der Waals surface area contributed by atoms with Gasteiger partial charge in [-0.05, 0) is 60.5 Å². The number of hydrogen-bond donors (Lipinski definition) is 2. The fourth-order valence-corrected chi connectivity index (χ4v) is 5.73. The molecule has 0 saturated carbocycles.